The quantitative estimate of drug-likeness (QED) is 0.740. The van der Waals surface area contributed by atoms with Crippen LogP contribution in [0.1, 0.15) is 25.7 Å². The van der Waals surface area contributed by atoms with E-state index in [0.717, 1.165) is 25.7 Å². The lowest BCUT2D eigenvalue weighted by Crippen LogP contribution is -2.29. The molecule has 0 spiro atoms. The molecule has 1 aliphatic carbocycles. The molecule has 0 amide bonds. The Morgan fingerprint density at radius 3 is 2.70 bits per heavy atom. The first-order valence-electron chi connectivity index (χ1n) is 6.67. The maximum atomic E-state index is 9.51. The Labute approximate surface area is 116 Å². The highest BCUT2D eigenvalue weighted by atomic mass is 16.3. The maximum absolute atomic E-state index is 9.51. The lowest BCUT2D eigenvalue weighted by Gasteiger charge is -2.26. The molecule has 1 aliphatic rings. The summed E-state index contributed by atoms with van der Waals surface area (Å²) < 4.78 is 1.54. The van der Waals surface area contributed by atoms with Gasteiger partial charge in [-0.1, -0.05) is 0 Å². The predicted molar refractivity (Wildman–Crippen MR) is 73.2 cm³/mol. The number of anilines is 2. The van der Waals surface area contributed by atoms with Gasteiger partial charge in [-0.2, -0.15) is 20.1 Å². The minimum atomic E-state index is -0.184. The third kappa shape index (κ3) is 2.85. The molecule has 0 unspecified atom stereocenters. The van der Waals surface area contributed by atoms with Crippen molar-refractivity contribution in [2.75, 3.05) is 11.1 Å². The van der Waals surface area contributed by atoms with Gasteiger partial charge >= 0.3 is 0 Å². The van der Waals surface area contributed by atoms with E-state index in [4.69, 9.17) is 5.73 Å². The van der Waals surface area contributed by atoms with Crippen molar-refractivity contribution in [3.63, 3.8) is 0 Å². The molecular formula is C12H17N7O. The van der Waals surface area contributed by atoms with E-state index in [2.05, 4.69) is 25.4 Å². The molecule has 20 heavy (non-hydrogen) atoms. The first-order valence-corrected chi connectivity index (χ1v) is 6.67. The van der Waals surface area contributed by atoms with Gasteiger partial charge in [0.25, 0.3) is 5.95 Å². The molecule has 0 aromatic carbocycles. The summed E-state index contributed by atoms with van der Waals surface area (Å²) in [5.74, 6) is 0.995. The Morgan fingerprint density at radius 1 is 1.20 bits per heavy atom. The van der Waals surface area contributed by atoms with Crippen molar-refractivity contribution in [1.82, 2.24) is 24.7 Å². The van der Waals surface area contributed by atoms with Crippen LogP contribution in [0.25, 0.3) is 5.95 Å². The first-order chi connectivity index (χ1) is 9.70. The Balaban J connectivity index is 1.76. The normalized spacial score (nSPS) is 22.6. The van der Waals surface area contributed by atoms with Crippen LogP contribution in [0.15, 0.2) is 18.5 Å². The van der Waals surface area contributed by atoms with Crippen molar-refractivity contribution in [2.24, 2.45) is 0 Å². The second-order valence-electron chi connectivity index (χ2n) is 4.92. The third-order valence-electron chi connectivity index (χ3n) is 3.38. The van der Waals surface area contributed by atoms with Crippen LogP contribution in [0.5, 0.6) is 0 Å². The fraction of sp³-hybridized carbons (Fsp3) is 0.500. The van der Waals surface area contributed by atoms with Crippen molar-refractivity contribution in [3.05, 3.63) is 18.5 Å². The van der Waals surface area contributed by atoms with Crippen molar-refractivity contribution < 1.29 is 5.11 Å². The summed E-state index contributed by atoms with van der Waals surface area (Å²) in [6, 6.07) is 2.04. The number of hydrogen-bond donors (Lipinski definition) is 3. The monoisotopic (exact) mass is 275 g/mol. The number of aliphatic hydroxyl groups excluding tert-OH is 1. The molecular weight excluding hydrogens is 258 g/mol. The van der Waals surface area contributed by atoms with Crippen LogP contribution in [0.3, 0.4) is 0 Å². The van der Waals surface area contributed by atoms with E-state index in [1.165, 1.54) is 4.68 Å². The van der Waals surface area contributed by atoms with Gasteiger partial charge < -0.3 is 16.2 Å². The van der Waals surface area contributed by atoms with Gasteiger partial charge in [-0.15, -0.1) is 0 Å². The zero-order valence-corrected chi connectivity index (χ0v) is 11.0. The number of rotatable bonds is 3. The van der Waals surface area contributed by atoms with Gasteiger partial charge in [-0.05, 0) is 31.7 Å². The van der Waals surface area contributed by atoms with E-state index in [0.29, 0.717) is 11.9 Å². The Morgan fingerprint density at radius 2 is 2.00 bits per heavy atom. The minimum absolute atomic E-state index is 0.156. The average molecular weight is 275 g/mol. The van der Waals surface area contributed by atoms with Crippen LogP contribution >= 0.6 is 0 Å². The summed E-state index contributed by atoms with van der Waals surface area (Å²) in [5, 5.41) is 16.8. The van der Waals surface area contributed by atoms with Gasteiger partial charge in [0.2, 0.25) is 11.9 Å². The standard InChI is InChI=1S/C12H17N7O/c13-10-16-11(15-8-2-4-9(20)5-3-8)18-12(17-10)19-7-1-6-14-19/h1,6-9,20H,2-5H2,(H3,13,15,16,17,18). The van der Waals surface area contributed by atoms with E-state index in [9.17, 15) is 5.11 Å². The summed E-state index contributed by atoms with van der Waals surface area (Å²) in [4.78, 5) is 12.5. The number of hydrogen-bond acceptors (Lipinski definition) is 7. The fourth-order valence-corrected chi connectivity index (χ4v) is 2.34. The molecule has 4 N–H and O–H groups in total. The molecule has 2 aromatic heterocycles. The van der Waals surface area contributed by atoms with Gasteiger partial charge in [-0.25, -0.2) is 4.68 Å². The molecule has 8 heteroatoms. The Bertz CT molecular complexity index is 563. The van der Waals surface area contributed by atoms with Crippen molar-refractivity contribution in [2.45, 2.75) is 37.8 Å². The van der Waals surface area contributed by atoms with E-state index in [-0.39, 0.29) is 18.1 Å². The zero-order valence-electron chi connectivity index (χ0n) is 11.0. The van der Waals surface area contributed by atoms with Crippen molar-refractivity contribution in [3.8, 4) is 5.95 Å². The number of nitrogens with one attached hydrogen (secondary N) is 1. The maximum Gasteiger partial charge on any atom is 0.257 e. The lowest BCUT2D eigenvalue weighted by molar-refractivity contribution is 0.126. The molecule has 0 aliphatic heterocycles. The van der Waals surface area contributed by atoms with Crippen LogP contribution < -0.4 is 11.1 Å². The topological polar surface area (TPSA) is 115 Å². The summed E-state index contributed by atoms with van der Waals surface area (Å²) in [7, 11) is 0. The first kappa shape index (κ1) is 12.8. The second-order valence-corrected chi connectivity index (χ2v) is 4.92. The summed E-state index contributed by atoms with van der Waals surface area (Å²) >= 11 is 0. The molecule has 1 saturated carbocycles. The molecule has 3 rings (SSSR count). The molecule has 0 bridgehead atoms. The molecule has 0 atom stereocenters. The van der Waals surface area contributed by atoms with Crippen LogP contribution in [0, 0.1) is 0 Å². The molecule has 1 fully saturated rings. The van der Waals surface area contributed by atoms with Gasteiger partial charge in [0, 0.05) is 18.4 Å². The number of nitrogen functional groups attached to an aromatic ring is 1. The highest BCUT2D eigenvalue weighted by Crippen LogP contribution is 2.21. The van der Waals surface area contributed by atoms with E-state index in [1.807, 2.05) is 0 Å². The highest BCUT2D eigenvalue weighted by Gasteiger charge is 2.20. The van der Waals surface area contributed by atoms with Crippen LogP contribution in [-0.2, 0) is 0 Å². The predicted octanol–water partition coefficient (Wildman–Crippen LogP) is 0.355. The Hall–Kier alpha value is -2.22. The minimum Gasteiger partial charge on any atom is -0.393 e. The summed E-state index contributed by atoms with van der Waals surface area (Å²) in [6.45, 7) is 0. The highest BCUT2D eigenvalue weighted by molar-refractivity contribution is 5.35. The lowest BCUT2D eigenvalue weighted by atomic mass is 9.93. The largest absolute Gasteiger partial charge is 0.393 e. The molecule has 106 valence electrons. The van der Waals surface area contributed by atoms with Gasteiger partial charge in [0.05, 0.1) is 6.10 Å². The second kappa shape index (κ2) is 5.41. The fourth-order valence-electron chi connectivity index (χ4n) is 2.34. The van der Waals surface area contributed by atoms with Crippen molar-refractivity contribution >= 4 is 11.9 Å². The molecule has 0 saturated heterocycles. The number of aromatic nitrogens is 5. The molecule has 2 aromatic rings. The summed E-state index contributed by atoms with van der Waals surface area (Å²) in [6.07, 6.45) is 6.59. The SMILES string of the molecule is Nc1nc(NC2CCC(O)CC2)nc(-n2cccn2)n1. The van der Waals surface area contributed by atoms with Crippen LogP contribution in [-0.4, -0.2) is 42.0 Å². The van der Waals surface area contributed by atoms with Crippen LogP contribution in [0.2, 0.25) is 0 Å². The van der Waals surface area contributed by atoms with Gasteiger partial charge in [-0.3, -0.25) is 0 Å². The average Bonchev–Trinajstić information content (AvgIpc) is 2.95. The van der Waals surface area contributed by atoms with Gasteiger partial charge in [0.15, 0.2) is 0 Å². The van der Waals surface area contributed by atoms with E-state index >= 15 is 0 Å². The van der Waals surface area contributed by atoms with Crippen molar-refractivity contribution in [1.29, 1.82) is 0 Å². The zero-order chi connectivity index (χ0) is 13.9. The van der Waals surface area contributed by atoms with Gasteiger partial charge in [0.1, 0.15) is 0 Å². The number of nitrogens with two attached hydrogens (primary N) is 1. The number of nitrogens with zero attached hydrogens (tertiary/aromatic N) is 5. The van der Waals surface area contributed by atoms with Crippen LogP contribution in [0.4, 0.5) is 11.9 Å². The molecule has 8 nitrogen and oxygen atoms in total. The third-order valence-corrected chi connectivity index (χ3v) is 3.38. The Kier molecular flexibility index (Phi) is 3.46. The smallest absolute Gasteiger partial charge is 0.257 e. The summed E-state index contributed by atoms with van der Waals surface area (Å²) in [5.41, 5.74) is 5.71. The number of aliphatic hydroxyl groups is 1. The molecule has 2 heterocycles. The molecule has 0 radical (unpaired) electrons. The van der Waals surface area contributed by atoms with E-state index in [1.54, 1.807) is 18.5 Å². The van der Waals surface area contributed by atoms with E-state index < -0.39 is 0 Å².